The molecule has 0 aliphatic carbocycles. The predicted octanol–water partition coefficient (Wildman–Crippen LogP) is 3.45. The average Bonchev–Trinajstić information content (AvgIpc) is 3.20. The van der Waals surface area contributed by atoms with Crippen molar-refractivity contribution in [2.24, 2.45) is 0 Å². The summed E-state index contributed by atoms with van der Waals surface area (Å²) in [5.41, 5.74) is 0. The van der Waals surface area contributed by atoms with Gasteiger partial charge >= 0.3 is 0 Å². The van der Waals surface area contributed by atoms with Crippen molar-refractivity contribution in [2.75, 3.05) is 20.2 Å². The van der Waals surface area contributed by atoms with Crippen molar-refractivity contribution in [2.45, 2.75) is 6.54 Å². The number of benzene rings is 1. The molecule has 0 atom stereocenters. The molecule has 0 saturated carbocycles. The van der Waals surface area contributed by atoms with E-state index in [9.17, 15) is 4.39 Å². The van der Waals surface area contributed by atoms with Crippen LogP contribution in [-0.4, -0.2) is 35.2 Å². The van der Waals surface area contributed by atoms with Gasteiger partial charge in [0.15, 0.2) is 0 Å². The Labute approximate surface area is 137 Å². The zero-order valence-corrected chi connectivity index (χ0v) is 13.4. The molecule has 2 aromatic heterocycles. The fourth-order valence-electron chi connectivity index (χ4n) is 1.99. The molecule has 0 aliphatic rings. The molecule has 0 spiro atoms. The van der Waals surface area contributed by atoms with Crippen LogP contribution in [0.25, 0.3) is 10.7 Å². The maximum absolute atomic E-state index is 12.8. The Bertz CT molecular complexity index is 728. The smallest absolute Gasteiger partial charge is 0.241 e. The van der Waals surface area contributed by atoms with Gasteiger partial charge in [-0.15, -0.1) is 11.3 Å². The first-order valence-corrected chi connectivity index (χ1v) is 8.02. The Balaban J connectivity index is 1.46. The van der Waals surface area contributed by atoms with E-state index in [1.165, 1.54) is 12.1 Å². The summed E-state index contributed by atoms with van der Waals surface area (Å²) in [6, 6.07) is 9.89. The maximum atomic E-state index is 12.8. The van der Waals surface area contributed by atoms with E-state index < -0.39 is 0 Å². The number of hydrogen-bond donors (Lipinski definition) is 0. The zero-order chi connectivity index (χ0) is 16.1. The van der Waals surface area contributed by atoms with Crippen molar-refractivity contribution in [3.05, 3.63) is 53.5 Å². The predicted molar refractivity (Wildman–Crippen MR) is 85.8 cm³/mol. The third-order valence-corrected chi connectivity index (χ3v) is 4.04. The first-order valence-electron chi connectivity index (χ1n) is 7.14. The van der Waals surface area contributed by atoms with Gasteiger partial charge in [0.1, 0.15) is 18.2 Å². The minimum Gasteiger partial charge on any atom is -0.492 e. The number of aromatic nitrogens is 2. The zero-order valence-electron chi connectivity index (χ0n) is 12.6. The lowest BCUT2D eigenvalue weighted by Gasteiger charge is -2.14. The molecule has 23 heavy (non-hydrogen) atoms. The van der Waals surface area contributed by atoms with Gasteiger partial charge in [0.2, 0.25) is 11.7 Å². The summed E-state index contributed by atoms with van der Waals surface area (Å²) in [6.07, 6.45) is 0. The highest BCUT2D eigenvalue weighted by Crippen LogP contribution is 2.21. The SMILES string of the molecule is CN(CCOc1ccc(F)cc1)Cc1nc(-c2cccs2)no1. The molecule has 7 heteroatoms. The molecule has 0 bridgehead atoms. The fraction of sp³-hybridized carbons (Fsp3) is 0.250. The van der Waals surface area contributed by atoms with Crippen LogP contribution in [-0.2, 0) is 6.54 Å². The van der Waals surface area contributed by atoms with Gasteiger partial charge in [-0.1, -0.05) is 11.2 Å². The van der Waals surface area contributed by atoms with E-state index in [0.29, 0.717) is 37.2 Å². The van der Waals surface area contributed by atoms with E-state index in [4.69, 9.17) is 9.26 Å². The van der Waals surface area contributed by atoms with Crippen molar-refractivity contribution in [1.82, 2.24) is 15.0 Å². The number of rotatable bonds is 7. The molecule has 3 rings (SSSR count). The largest absolute Gasteiger partial charge is 0.492 e. The molecule has 2 heterocycles. The molecule has 0 aliphatic heterocycles. The third kappa shape index (κ3) is 4.37. The first-order chi connectivity index (χ1) is 11.2. The van der Waals surface area contributed by atoms with Crippen molar-refractivity contribution in [1.29, 1.82) is 0 Å². The number of thiophene rings is 1. The van der Waals surface area contributed by atoms with Crippen molar-refractivity contribution in [3.8, 4) is 16.5 Å². The van der Waals surface area contributed by atoms with Gasteiger partial charge < -0.3 is 9.26 Å². The standard InChI is InChI=1S/C16H16FN3O2S/c1-20(8-9-21-13-6-4-12(17)5-7-13)11-15-18-16(19-22-15)14-3-2-10-23-14/h2-7,10H,8-9,11H2,1H3. The molecule has 0 amide bonds. The normalized spacial score (nSPS) is 11.1. The highest BCUT2D eigenvalue weighted by molar-refractivity contribution is 7.13. The quantitative estimate of drug-likeness (QED) is 0.663. The van der Waals surface area contributed by atoms with Gasteiger partial charge in [-0.3, -0.25) is 4.90 Å². The second-order valence-electron chi connectivity index (χ2n) is 5.03. The molecule has 1 aromatic carbocycles. The Hall–Kier alpha value is -2.25. The molecule has 0 fully saturated rings. The first kappa shape index (κ1) is 15.6. The van der Waals surface area contributed by atoms with Crippen LogP contribution >= 0.6 is 11.3 Å². The average molecular weight is 333 g/mol. The Kier molecular flexibility index (Phi) is 4.99. The van der Waals surface area contributed by atoms with Crippen LogP contribution in [0, 0.1) is 5.82 Å². The summed E-state index contributed by atoms with van der Waals surface area (Å²) >= 11 is 1.58. The molecule has 0 radical (unpaired) electrons. The molecule has 5 nitrogen and oxygen atoms in total. The van der Waals surface area contributed by atoms with Crippen LogP contribution in [0.3, 0.4) is 0 Å². The van der Waals surface area contributed by atoms with Crippen LogP contribution in [0.4, 0.5) is 4.39 Å². The summed E-state index contributed by atoms with van der Waals surface area (Å²) in [5, 5.41) is 5.96. The van der Waals surface area contributed by atoms with Gasteiger partial charge in [-0.25, -0.2) is 4.39 Å². The summed E-state index contributed by atoms with van der Waals surface area (Å²) in [6.45, 7) is 1.73. The summed E-state index contributed by atoms with van der Waals surface area (Å²) in [4.78, 5) is 7.39. The van der Waals surface area contributed by atoms with Crippen LogP contribution in [0.2, 0.25) is 0 Å². The van der Waals surface area contributed by atoms with Gasteiger partial charge in [-0.05, 0) is 42.8 Å². The molecule has 120 valence electrons. The van der Waals surface area contributed by atoms with Crippen molar-refractivity contribution < 1.29 is 13.7 Å². The van der Waals surface area contributed by atoms with Crippen LogP contribution < -0.4 is 4.74 Å². The van der Waals surface area contributed by atoms with E-state index in [0.717, 1.165) is 4.88 Å². The minimum absolute atomic E-state index is 0.271. The molecular weight excluding hydrogens is 317 g/mol. The molecular formula is C16H16FN3O2S. The van der Waals surface area contributed by atoms with Gasteiger partial charge in [0.25, 0.3) is 0 Å². The second-order valence-corrected chi connectivity index (χ2v) is 5.98. The van der Waals surface area contributed by atoms with Crippen LogP contribution in [0.15, 0.2) is 46.3 Å². The van der Waals surface area contributed by atoms with E-state index in [-0.39, 0.29) is 5.82 Å². The number of ether oxygens (including phenoxy) is 1. The van der Waals surface area contributed by atoms with Gasteiger partial charge in [0, 0.05) is 6.54 Å². The Morgan fingerprint density at radius 1 is 1.26 bits per heavy atom. The second kappa shape index (κ2) is 7.34. The minimum atomic E-state index is -0.271. The topological polar surface area (TPSA) is 51.4 Å². The van der Waals surface area contributed by atoms with E-state index in [2.05, 4.69) is 10.1 Å². The van der Waals surface area contributed by atoms with Crippen molar-refractivity contribution >= 4 is 11.3 Å². The monoisotopic (exact) mass is 333 g/mol. The number of likely N-dealkylation sites (N-methyl/N-ethyl adjacent to an activating group) is 1. The van der Waals surface area contributed by atoms with Crippen LogP contribution in [0.5, 0.6) is 5.75 Å². The van der Waals surface area contributed by atoms with Gasteiger partial charge in [-0.2, -0.15) is 4.98 Å². The van der Waals surface area contributed by atoms with Gasteiger partial charge in [0.05, 0.1) is 11.4 Å². The summed E-state index contributed by atoms with van der Waals surface area (Å²) in [5.74, 6) is 1.56. The lowest BCUT2D eigenvalue weighted by atomic mass is 10.3. The van der Waals surface area contributed by atoms with E-state index in [1.54, 1.807) is 23.5 Å². The lowest BCUT2D eigenvalue weighted by molar-refractivity contribution is 0.212. The number of halogens is 1. The molecule has 3 aromatic rings. The lowest BCUT2D eigenvalue weighted by Crippen LogP contribution is -2.24. The number of nitrogens with zero attached hydrogens (tertiary/aromatic N) is 3. The highest BCUT2D eigenvalue weighted by Gasteiger charge is 2.11. The van der Waals surface area contributed by atoms with E-state index in [1.807, 2.05) is 29.5 Å². The van der Waals surface area contributed by atoms with E-state index >= 15 is 0 Å². The Morgan fingerprint density at radius 3 is 2.83 bits per heavy atom. The third-order valence-electron chi connectivity index (χ3n) is 3.17. The van der Waals surface area contributed by atoms with Crippen molar-refractivity contribution in [3.63, 3.8) is 0 Å². The summed E-state index contributed by atoms with van der Waals surface area (Å²) in [7, 11) is 1.95. The van der Waals surface area contributed by atoms with Crippen LogP contribution in [0.1, 0.15) is 5.89 Å². The Morgan fingerprint density at radius 2 is 2.09 bits per heavy atom. The maximum Gasteiger partial charge on any atom is 0.241 e. The molecule has 0 unspecified atom stereocenters. The highest BCUT2D eigenvalue weighted by atomic mass is 32.1. The molecule has 0 N–H and O–H groups in total. The summed E-state index contributed by atoms with van der Waals surface area (Å²) < 4.78 is 23.6. The molecule has 0 saturated heterocycles. The number of hydrogen-bond acceptors (Lipinski definition) is 6. The fourth-order valence-corrected chi connectivity index (χ4v) is 2.63.